The Morgan fingerprint density at radius 2 is 1.02 bits per heavy atom. The molecule has 23 nitrogen and oxygen atoms in total. The number of fused-ring (bicyclic) bond motifs is 3. The molecule has 10 rings (SSSR count). The van der Waals surface area contributed by atoms with E-state index < -0.39 is 182 Å². The highest BCUT2D eigenvalue weighted by Gasteiger charge is 2.44. The normalized spacial score (nSPS) is 16.7. The largest absolute Gasteiger partial charge is 0.460 e. The number of carbonyl (C=O) groups is 11. The van der Waals surface area contributed by atoms with Gasteiger partial charge in [-0.3, -0.25) is 47.9 Å². The quantitative estimate of drug-likeness (QED) is 0.00987. The summed E-state index contributed by atoms with van der Waals surface area (Å²) in [6.45, 7) is -1.39. The van der Waals surface area contributed by atoms with Crippen molar-refractivity contribution in [2.45, 2.75) is 165 Å². The molecule has 8 aromatic rings. The lowest BCUT2D eigenvalue weighted by molar-refractivity contribution is -0.155. The van der Waals surface area contributed by atoms with Gasteiger partial charge in [0.2, 0.25) is 53.2 Å². The Morgan fingerprint density at radius 1 is 0.556 bits per heavy atom. The summed E-state index contributed by atoms with van der Waals surface area (Å²) < 4.78 is 97.3. The molecule has 614 valence electrons. The average Bonchev–Trinajstić information content (AvgIpc) is 1.12. The van der Waals surface area contributed by atoms with Crippen LogP contribution in [-0.4, -0.2) is 150 Å². The van der Waals surface area contributed by atoms with Crippen LogP contribution in [0.15, 0.2) is 231 Å². The maximum absolute atomic E-state index is 16.2. The molecule has 8 aromatic carbocycles. The van der Waals surface area contributed by atoms with Gasteiger partial charge in [-0.25, -0.2) is 4.79 Å². The molecule has 1 saturated heterocycles. The van der Waals surface area contributed by atoms with Gasteiger partial charge in [-0.15, -0.1) is 0 Å². The summed E-state index contributed by atoms with van der Waals surface area (Å²) in [6, 6.07) is 56.1. The number of esters is 1. The van der Waals surface area contributed by atoms with E-state index in [0.717, 1.165) is 46.0 Å². The monoisotopic (exact) mass is 1610 g/mol. The fourth-order valence-electron chi connectivity index (χ4n) is 14.7. The molecule has 0 aromatic heterocycles. The van der Waals surface area contributed by atoms with Crippen molar-refractivity contribution in [2.24, 2.45) is 11.8 Å². The topological polar surface area (TPSA) is 318 Å². The maximum Gasteiger partial charge on any atom is 0.407 e. The van der Waals surface area contributed by atoms with E-state index in [1.54, 1.807) is 126 Å². The first kappa shape index (κ1) is 73.9. The van der Waals surface area contributed by atoms with Gasteiger partial charge in [0.25, 0.3) is 0 Å². The molecule has 2 aliphatic rings. The Bertz CT molecular complexity index is 4930. The van der Waals surface area contributed by atoms with E-state index in [2.05, 4.69) is 37.2 Å². The van der Waals surface area contributed by atoms with Crippen molar-refractivity contribution < 1.29 is 75.9 Å². The zero-order valence-corrected chi connectivity index (χ0v) is 67.2. The number of benzene rings is 8. The molecular formula is C93H108N10O13S. The number of nitrogens with one attached hydrogen (secondary N) is 9. The van der Waals surface area contributed by atoms with Crippen LogP contribution in [0.4, 0.5) is 4.79 Å². The number of hydrogen-bond donors (Lipinski definition) is 9. The van der Waals surface area contributed by atoms with Crippen LogP contribution >= 0.6 is 11.8 Å². The predicted octanol–water partition coefficient (Wildman–Crippen LogP) is 11.0. The smallest absolute Gasteiger partial charge is 0.407 e. The molecule has 7 atom stereocenters. The SMILES string of the molecule is [2H]C([2H])([2H])C([2H])(C([2H])([2H])[2H])C([2H])([2H])C([2H])(NC(=O)C1CCCN1C(=O)C(CSCCCC(=O)OC(C)(C)C)NC(=O)C(CC(=O)NC(c1ccccc1)(c1ccccc1)c1ccccc1)NC(=O)C(CCC(=O)NC(c1ccccc1)(c1ccccc1)c1ccccc1)NC(=O)C(NC(=O)OCC1c2ccccc2-c2ccccc21)C(C)CC)C(=O)NCC(=O)NC. The molecule has 1 aliphatic carbocycles. The molecule has 10 amide bonds. The number of ether oxygens (including phenoxy) is 2. The fourth-order valence-corrected chi connectivity index (χ4v) is 15.7. The van der Waals surface area contributed by atoms with E-state index in [1.165, 1.54) is 0 Å². The van der Waals surface area contributed by atoms with E-state index in [0.29, 0.717) is 33.4 Å². The van der Waals surface area contributed by atoms with Crippen LogP contribution in [0, 0.1) is 11.8 Å². The first-order valence-electron chi connectivity index (χ1n) is 44.2. The number of alkyl carbamates (subject to hydrolysis) is 1. The Balaban J connectivity index is 1.06. The van der Waals surface area contributed by atoms with Crippen LogP contribution < -0.4 is 47.9 Å². The molecule has 9 N–H and O–H groups in total. The first-order chi connectivity index (χ1) is 60.3. The second kappa shape index (κ2) is 41.6. The summed E-state index contributed by atoms with van der Waals surface area (Å²) in [7, 11) is 1.15. The van der Waals surface area contributed by atoms with E-state index in [-0.39, 0.29) is 56.9 Å². The zero-order chi connectivity index (χ0) is 92.3. The minimum Gasteiger partial charge on any atom is -0.460 e. The standard InChI is InChI=1S/C93H108N10O13S/c1-9-62(4)83(100-90(114)115-59-73-71-48-30-28-46-69(71)70-47-29-31-49-72(70)73)88(112)96-74(52-53-79(104)101-92(63-34-16-10-17-35-63,64-36-18-11-19-37-64)65-38-20-12-21-39-65)85(109)97-76(57-80(105)102-93(66-40-22-13-23-41-66,67-42-24-14-25-43-67)68-44-26-15-27-45-68)86(110)99-77(60-117-55-33-51-82(107)116-91(5,6)7)89(113)103-54-32-50-78(103)87(111)98-75(56-61(2)3)84(108)95-58-81(106)94-8/h10-31,34-49,61-62,73-78,83H,9,32-33,50-60H2,1-8H3,(H,94,106)(H,95,108)(H,96,112)(H,97,109)(H,98,111)(H,99,110)(H,100,114)(H,101,104)(H,102,105)/i2D3,3D3,56D2,61D,75D. The highest BCUT2D eigenvalue weighted by atomic mass is 32.2. The summed E-state index contributed by atoms with van der Waals surface area (Å²) in [4.78, 5) is 166. The third-order valence-electron chi connectivity index (χ3n) is 20.6. The Labute approximate surface area is 703 Å². The molecule has 117 heavy (non-hydrogen) atoms. The van der Waals surface area contributed by atoms with Crippen molar-refractivity contribution in [2.75, 3.05) is 38.2 Å². The highest BCUT2D eigenvalue weighted by molar-refractivity contribution is 7.99. The molecule has 0 saturated carbocycles. The molecule has 1 fully saturated rings. The number of nitrogens with zero attached hydrogens (tertiary/aromatic N) is 1. The average molecular weight is 1620 g/mol. The molecular weight excluding hydrogens is 1500 g/mol. The van der Waals surface area contributed by atoms with Gasteiger partial charge in [-0.2, -0.15) is 11.8 Å². The molecule has 24 heteroatoms. The molecule has 0 spiro atoms. The van der Waals surface area contributed by atoms with Crippen molar-refractivity contribution in [3.05, 3.63) is 275 Å². The van der Waals surface area contributed by atoms with Gasteiger partial charge in [0, 0.05) is 50.4 Å². The highest BCUT2D eigenvalue weighted by Crippen LogP contribution is 2.45. The zero-order valence-electron chi connectivity index (χ0n) is 76.3. The van der Waals surface area contributed by atoms with Crippen LogP contribution in [0.25, 0.3) is 11.1 Å². The summed E-state index contributed by atoms with van der Waals surface area (Å²) in [5.41, 5.74) is 3.39. The number of carbonyl (C=O) groups excluding carboxylic acids is 11. The van der Waals surface area contributed by atoms with Gasteiger partial charge < -0.3 is 62.2 Å². The number of likely N-dealkylation sites (N-methyl/N-ethyl adjacent to an activating group) is 1. The number of hydrogen-bond acceptors (Lipinski definition) is 14. The third kappa shape index (κ3) is 22.8. The lowest BCUT2D eigenvalue weighted by Gasteiger charge is -2.37. The number of thioether (sulfide) groups is 1. The maximum atomic E-state index is 16.2. The van der Waals surface area contributed by atoms with Crippen LogP contribution in [-0.2, 0) is 68.5 Å². The predicted molar refractivity (Wildman–Crippen MR) is 451 cm³/mol. The van der Waals surface area contributed by atoms with E-state index in [1.807, 2.05) is 150 Å². The molecule has 1 aliphatic heterocycles. The minimum atomic E-state index is -4.43. The minimum absolute atomic E-state index is 0.0674. The molecule has 1 heterocycles. The van der Waals surface area contributed by atoms with Crippen molar-refractivity contribution in [1.29, 1.82) is 0 Å². The number of likely N-dealkylation sites (tertiary alicyclic amines) is 1. The van der Waals surface area contributed by atoms with Crippen LogP contribution in [0.1, 0.15) is 170 Å². The van der Waals surface area contributed by atoms with Gasteiger partial charge in [-0.1, -0.05) is 264 Å². The van der Waals surface area contributed by atoms with Crippen molar-refractivity contribution in [1.82, 2.24) is 52.8 Å². The van der Waals surface area contributed by atoms with Crippen molar-refractivity contribution in [3.8, 4) is 11.1 Å². The second-order valence-corrected chi connectivity index (χ2v) is 30.9. The summed E-state index contributed by atoms with van der Waals surface area (Å²) >= 11 is 1.02. The van der Waals surface area contributed by atoms with Gasteiger partial charge in [0.1, 0.15) is 59.5 Å². The molecule has 7 unspecified atom stereocenters. The fraction of sp³-hybridized carbons (Fsp3) is 0.366. The Kier molecular flexibility index (Phi) is 26.3. The number of rotatable bonds is 38. The van der Waals surface area contributed by atoms with Crippen LogP contribution in [0.2, 0.25) is 0 Å². The van der Waals surface area contributed by atoms with Crippen molar-refractivity contribution >= 4 is 77.0 Å². The number of amides is 10. The lowest BCUT2D eigenvalue weighted by Crippen LogP contribution is -2.61. The van der Waals surface area contributed by atoms with Crippen LogP contribution in [0.3, 0.4) is 0 Å². The van der Waals surface area contributed by atoms with Gasteiger partial charge in [-0.05, 0) is 126 Å². The lowest BCUT2D eigenvalue weighted by atomic mass is 9.77. The van der Waals surface area contributed by atoms with E-state index in [4.69, 9.17) is 21.8 Å². The van der Waals surface area contributed by atoms with Gasteiger partial charge >= 0.3 is 12.1 Å². The Hall–Kier alpha value is -11.9. The summed E-state index contributed by atoms with van der Waals surface area (Å²) in [6.07, 6.45) is -7.66. The van der Waals surface area contributed by atoms with E-state index in [9.17, 15) is 20.5 Å². The van der Waals surface area contributed by atoms with Gasteiger partial charge in [0.05, 0.1) is 14.3 Å². The van der Waals surface area contributed by atoms with E-state index >= 15 is 33.6 Å². The summed E-state index contributed by atoms with van der Waals surface area (Å²) in [5.74, 6) is -16.9. The van der Waals surface area contributed by atoms with Crippen LogP contribution in [0.5, 0.6) is 0 Å². The Morgan fingerprint density at radius 3 is 1.50 bits per heavy atom. The van der Waals surface area contributed by atoms with Crippen molar-refractivity contribution in [3.63, 3.8) is 0 Å². The third-order valence-corrected chi connectivity index (χ3v) is 21.7. The molecule has 0 radical (unpaired) electrons. The summed E-state index contributed by atoms with van der Waals surface area (Å²) in [5, 5.41) is 23.4. The second-order valence-electron chi connectivity index (χ2n) is 29.7. The van der Waals surface area contributed by atoms with Gasteiger partial charge in [0.15, 0.2) is 0 Å². The molecule has 0 bridgehead atoms. The first-order valence-corrected chi connectivity index (χ1v) is 40.3.